The van der Waals surface area contributed by atoms with Gasteiger partial charge in [0.05, 0.1) is 22.8 Å². The summed E-state index contributed by atoms with van der Waals surface area (Å²) in [6.07, 6.45) is 4.14. The molecule has 0 amide bonds. The normalized spacial score (nSPS) is 11.3. The average molecular weight is 846 g/mol. The van der Waals surface area contributed by atoms with Crippen LogP contribution in [0.2, 0.25) is 0 Å². The van der Waals surface area contributed by atoms with Gasteiger partial charge in [-0.15, -0.1) is 0 Å². The molecule has 0 saturated heterocycles. The van der Waals surface area contributed by atoms with Gasteiger partial charge >= 0.3 is 0 Å². The van der Waals surface area contributed by atoms with Crippen molar-refractivity contribution in [1.29, 1.82) is 0 Å². The quantitative estimate of drug-likeness (QED) is 0.145. The van der Waals surface area contributed by atoms with Gasteiger partial charge in [-0.05, 0) is 76.9 Å². The van der Waals surface area contributed by atoms with E-state index in [0.717, 1.165) is 95.3 Å². The standard InChI is InChI=1S/C59H39N7/c1-5-19-40(20-6-1)48-37-49(41-21-7-2-8-22-41)39-50(38-48)59-63-57(46-29-17-27-44(35-46)53-55(42-23-9-3-10-24-42)65-33-15-13-31-51(65)60-53)62-58(64-59)47-30-18-28-45(36-47)54-56(43-25-11-4-12-26-43)66-34-16-14-32-52(66)61-54/h1-39H. The topological polar surface area (TPSA) is 73.3 Å². The second kappa shape index (κ2) is 16.6. The fourth-order valence-corrected chi connectivity index (χ4v) is 8.86. The van der Waals surface area contributed by atoms with E-state index in [-0.39, 0.29) is 0 Å². The molecule has 0 saturated carbocycles. The van der Waals surface area contributed by atoms with Gasteiger partial charge in [-0.3, -0.25) is 8.80 Å². The Hall–Kier alpha value is -9.07. The Kier molecular flexibility index (Phi) is 9.69. The molecule has 5 heterocycles. The Bertz CT molecular complexity index is 3460. The van der Waals surface area contributed by atoms with Crippen LogP contribution in [-0.4, -0.2) is 33.7 Å². The lowest BCUT2D eigenvalue weighted by molar-refractivity contribution is 1.07. The molecule has 7 nitrogen and oxygen atoms in total. The molecule has 12 rings (SSSR count). The fraction of sp³-hybridized carbons (Fsp3) is 0. The first-order valence-electron chi connectivity index (χ1n) is 22.0. The van der Waals surface area contributed by atoms with E-state index in [1.54, 1.807) is 0 Å². The van der Waals surface area contributed by atoms with Gasteiger partial charge in [-0.1, -0.05) is 170 Å². The molecule has 12 aromatic rings. The van der Waals surface area contributed by atoms with Gasteiger partial charge < -0.3 is 0 Å². The minimum Gasteiger partial charge on any atom is -0.299 e. The van der Waals surface area contributed by atoms with Gasteiger partial charge in [-0.25, -0.2) is 24.9 Å². The minimum atomic E-state index is 0.552. The van der Waals surface area contributed by atoms with Gasteiger partial charge in [0.1, 0.15) is 11.3 Å². The van der Waals surface area contributed by atoms with Crippen LogP contribution in [0.4, 0.5) is 0 Å². The third kappa shape index (κ3) is 7.20. The van der Waals surface area contributed by atoms with Crippen LogP contribution in [0.25, 0.3) is 113 Å². The number of benzene rings is 7. The maximum absolute atomic E-state index is 5.33. The number of hydrogen-bond acceptors (Lipinski definition) is 5. The first kappa shape index (κ1) is 38.6. The molecule has 310 valence electrons. The Labute approximate surface area is 381 Å². The fourth-order valence-electron chi connectivity index (χ4n) is 8.86. The minimum absolute atomic E-state index is 0.552. The highest BCUT2D eigenvalue weighted by molar-refractivity contribution is 5.86. The molecule has 0 spiro atoms. The molecule has 7 aromatic carbocycles. The monoisotopic (exact) mass is 845 g/mol. The van der Waals surface area contributed by atoms with E-state index in [9.17, 15) is 0 Å². The number of hydrogen-bond donors (Lipinski definition) is 0. The summed E-state index contributed by atoms with van der Waals surface area (Å²) in [4.78, 5) is 26.3. The maximum atomic E-state index is 5.33. The average Bonchev–Trinajstić information content (AvgIpc) is 3.99. The molecule has 0 aliphatic heterocycles. The highest BCUT2D eigenvalue weighted by Gasteiger charge is 2.21. The van der Waals surface area contributed by atoms with E-state index in [4.69, 9.17) is 24.9 Å². The molecule has 0 aliphatic rings. The van der Waals surface area contributed by atoms with Crippen LogP contribution < -0.4 is 0 Å². The second-order valence-corrected chi connectivity index (χ2v) is 16.2. The Morgan fingerprint density at radius 2 is 0.545 bits per heavy atom. The number of aromatic nitrogens is 7. The van der Waals surface area contributed by atoms with Crippen molar-refractivity contribution in [2.24, 2.45) is 0 Å². The predicted molar refractivity (Wildman–Crippen MR) is 266 cm³/mol. The van der Waals surface area contributed by atoms with Crippen LogP contribution in [0.1, 0.15) is 0 Å². The van der Waals surface area contributed by atoms with Crippen LogP contribution in [0.5, 0.6) is 0 Å². The molecule has 66 heavy (non-hydrogen) atoms. The van der Waals surface area contributed by atoms with Crippen molar-refractivity contribution in [2.75, 3.05) is 0 Å². The van der Waals surface area contributed by atoms with E-state index < -0.39 is 0 Å². The number of rotatable bonds is 9. The zero-order chi connectivity index (χ0) is 43.8. The summed E-state index contributed by atoms with van der Waals surface area (Å²) in [6, 6.07) is 77.4. The molecule has 0 radical (unpaired) electrons. The summed E-state index contributed by atoms with van der Waals surface area (Å²) in [5, 5.41) is 0. The zero-order valence-corrected chi connectivity index (χ0v) is 35.6. The van der Waals surface area contributed by atoms with Crippen LogP contribution >= 0.6 is 0 Å². The van der Waals surface area contributed by atoms with Gasteiger partial charge in [0.25, 0.3) is 0 Å². The van der Waals surface area contributed by atoms with Crippen molar-refractivity contribution in [1.82, 2.24) is 33.7 Å². The molecule has 7 heteroatoms. The predicted octanol–water partition coefficient (Wildman–Crippen LogP) is 14.2. The van der Waals surface area contributed by atoms with Crippen LogP contribution in [-0.2, 0) is 0 Å². The molecular weight excluding hydrogens is 807 g/mol. The largest absolute Gasteiger partial charge is 0.299 e. The van der Waals surface area contributed by atoms with Crippen molar-refractivity contribution in [2.45, 2.75) is 0 Å². The Morgan fingerprint density at radius 1 is 0.227 bits per heavy atom. The third-order valence-electron chi connectivity index (χ3n) is 12.0. The molecule has 5 aromatic heterocycles. The maximum Gasteiger partial charge on any atom is 0.164 e. The summed E-state index contributed by atoms with van der Waals surface area (Å²) in [5.74, 6) is 1.67. The van der Waals surface area contributed by atoms with Gasteiger partial charge in [-0.2, -0.15) is 0 Å². The zero-order valence-electron chi connectivity index (χ0n) is 35.6. The summed E-state index contributed by atoms with van der Waals surface area (Å²) in [7, 11) is 0. The second-order valence-electron chi connectivity index (χ2n) is 16.2. The molecule has 0 atom stereocenters. The lowest BCUT2D eigenvalue weighted by Gasteiger charge is -2.13. The molecule has 0 fully saturated rings. The van der Waals surface area contributed by atoms with Gasteiger partial charge in [0.15, 0.2) is 17.5 Å². The number of imidazole rings is 2. The van der Waals surface area contributed by atoms with Gasteiger partial charge in [0, 0.05) is 51.3 Å². The third-order valence-corrected chi connectivity index (χ3v) is 12.0. The van der Waals surface area contributed by atoms with Gasteiger partial charge in [0.2, 0.25) is 0 Å². The van der Waals surface area contributed by atoms with Crippen LogP contribution in [0.3, 0.4) is 0 Å². The lowest BCUT2D eigenvalue weighted by atomic mass is 9.96. The van der Waals surface area contributed by atoms with Crippen molar-refractivity contribution in [3.05, 3.63) is 237 Å². The first-order chi connectivity index (χ1) is 32.7. The van der Waals surface area contributed by atoms with Crippen molar-refractivity contribution in [3.8, 4) is 101 Å². The Morgan fingerprint density at radius 3 is 0.970 bits per heavy atom. The van der Waals surface area contributed by atoms with Crippen molar-refractivity contribution < 1.29 is 0 Å². The van der Waals surface area contributed by atoms with E-state index in [2.05, 4.69) is 185 Å². The van der Waals surface area contributed by atoms with Crippen LogP contribution in [0, 0.1) is 0 Å². The summed E-state index contributed by atoms with van der Waals surface area (Å²) < 4.78 is 4.31. The smallest absolute Gasteiger partial charge is 0.164 e. The summed E-state index contributed by atoms with van der Waals surface area (Å²) >= 11 is 0. The summed E-state index contributed by atoms with van der Waals surface area (Å²) in [5.41, 5.74) is 16.5. The van der Waals surface area contributed by atoms with E-state index in [1.807, 2.05) is 60.7 Å². The molecule has 0 N–H and O–H groups in total. The Balaban J connectivity index is 1.06. The number of fused-ring (bicyclic) bond motifs is 2. The highest BCUT2D eigenvalue weighted by Crippen LogP contribution is 2.38. The highest BCUT2D eigenvalue weighted by atomic mass is 15.0. The van der Waals surface area contributed by atoms with Crippen molar-refractivity contribution >= 4 is 11.3 Å². The molecule has 0 unspecified atom stereocenters. The molecule has 0 aliphatic carbocycles. The lowest BCUT2D eigenvalue weighted by Crippen LogP contribution is -2.01. The molecule has 0 bridgehead atoms. The SMILES string of the molecule is c1ccc(-c2cc(-c3ccccc3)cc(-c3nc(-c4cccc(-c5nc6ccccn6c5-c5ccccc5)c4)nc(-c4cccc(-c5nc6ccccn6c5-c5ccccc5)c4)n3)c2)cc1. The van der Waals surface area contributed by atoms with E-state index in [1.165, 1.54) is 0 Å². The first-order valence-corrected chi connectivity index (χ1v) is 22.0. The van der Waals surface area contributed by atoms with E-state index >= 15 is 0 Å². The van der Waals surface area contributed by atoms with Crippen LogP contribution in [0.15, 0.2) is 237 Å². The number of pyridine rings is 2. The van der Waals surface area contributed by atoms with Crippen molar-refractivity contribution in [3.63, 3.8) is 0 Å². The molecular formula is C59H39N7. The number of nitrogens with zero attached hydrogens (tertiary/aromatic N) is 7. The van der Waals surface area contributed by atoms with E-state index in [0.29, 0.717) is 17.5 Å². The summed E-state index contributed by atoms with van der Waals surface area (Å²) in [6.45, 7) is 0.